The fourth-order valence-electron chi connectivity index (χ4n) is 1.47. The molecule has 0 spiro atoms. The van der Waals surface area contributed by atoms with Gasteiger partial charge in [0.05, 0.1) is 11.7 Å². The molecule has 18 heavy (non-hydrogen) atoms. The van der Waals surface area contributed by atoms with Crippen molar-refractivity contribution in [2.75, 3.05) is 7.11 Å². The lowest BCUT2D eigenvalue weighted by Gasteiger charge is -2.04. The van der Waals surface area contributed by atoms with Crippen LogP contribution >= 0.6 is 0 Å². The molecule has 0 aliphatic heterocycles. The van der Waals surface area contributed by atoms with Gasteiger partial charge in [0.1, 0.15) is 11.6 Å². The van der Waals surface area contributed by atoms with Crippen molar-refractivity contribution in [3.63, 3.8) is 0 Å². The summed E-state index contributed by atoms with van der Waals surface area (Å²) < 4.78 is 22.9. The molecular weight excluding hydrogens is 239 g/mol. The third kappa shape index (κ3) is 2.65. The van der Waals surface area contributed by atoms with E-state index in [4.69, 9.17) is 9.26 Å². The molecule has 1 aromatic carbocycles. The molecule has 2 aromatic rings. The smallest absolute Gasteiger partial charge is 0.261 e. The maximum Gasteiger partial charge on any atom is 0.261 e. The lowest BCUT2D eigenvalue weighted by Crippen LogP contribution is -2.09. The summed E-state index contributed by atoms with van der Waals surface area (Å²) in [5, 5.41) is 13.4. The number of phenolic OH excluding ortho intramolecular Hbond substituents is 1. The fourth-order valence-corrected chi connectivity index (χ4v) is 1.47. The SMILES string of the molecule is COC(C)Cc1noc(-c2ccc(F)cc2O)n1. The molecule has 1 atom stereocenters. The Morgan fingerprint density at radius 3 is 2.94 bits per heavy atom. The molecule has 1 heterocycles. The largest absolute Gasteiger partial charge is 0.507 e. The molecule has 1 aromatic heterocycles. The second kappa shape index (κ2) is 5.14. The van der Waals surface area contributed by atoms with Crippen LogP contribution in [-0.4, -0.2) is 28.5 Å². The van der Waals surface area contributed by atoms with Crippen molar-refractivity contribution in [2.45, 2.75) is 19.4 Å². The first kappa shape index (κ1) is 12.5. The number of aromatic nitrogens is 2. The Morgan fingerprint density at radius 1 is 1.50 bits per heavy atom. The minimum Gasteiger partial charge on any atom is -0.507 e. The summed E-state index contributed by atoms with van der Waals surface area (Å²) in [6.07, 6.45) is 0.472. The number of hydrogen-bond donors (Lipinski definition) is 1. The molecule has 0 saturated heterocycles. The lowest BCUT2D eigenvalue weighted by atomic mass is 10.2. The van der Waals surface area contributed by atoms with Crippen molar-refractivity contribution >= 4 is 0 Å². The molecule has 0 radical (unpaired) electrons. The summed E-state index contributed by atoms with van der Waals surface area (Å²) in [5.74, 6) is -0.122. The molecule has 0 fully saturated rings. The number of phenols is 1. The topological polar surface area (TPSA) is 68.4 Å². The van der Waals surface area contributed by atoms with E-state index < -0.39 is 5.82 Å². The van der Waals surface area contributed by atoms with Gasteiger partial charge in [-0.3, -0.25) is 0 Å². The highest BCUT2D eigenvalue weighted by atomic mass is 19.1. The van der Waals surface area contributed by atoms with E-state index in [0.29, 0.717) is 17.8 Å². The van der Waals surface area contributed by atoms with E-state index in [9.17, 15) is 9.50 Å². The Hall–Kier alpha value is -1.95. The van der Waals surface area contributed by atoms with Crippen LogP contribution in [0.15, 0.2) is 22.7 Å². The van der Waals surface area contributed by atoms with Gasteiger partial charge < -0.3 is 14.4 Å². The predicted octanol–water partition coefficient (Wildman–Crippen LogP) is 2.16. The Bertz CT molecular complexity index is 542. The van der Waals surface area contributed by atoms with E-state index in [1.807, 2.05) is 6.92 Å². The Balaban J connectivity index is 2.24. The van der Waals surface area contributed by atoms with Crippen molar-refractivity contribution in [1.29, 1.82) is 0 Å². The van der Waals surface area contributed by atoms with Crippen molar-refractivity contribution in [3.8, 4) is 17.2 Å². The number of hydrogen-bond acceptors (Lipinski definition) is 5. The van der Waals surface area contributed by atoms with Crippen LogP contribution in [0.1, 0.15) is 12.7 Å². The van der Waals surface area contributed by atoms with Crippen LogP contribution in [0.25, 0.3) is 11.5 Å². The Kier molecular flexibility index (Phi) is 3.57. The molecule has 0 aliphatic rings. The summed E-state index contributed by atoms with van der Waals surface area (Å²) in [5.41, 5.74) is 0.306. The molecule has 0 bridgehead atoms. The third-order valence-electron chi connectivity index (χ3n) is 2.53. The number of methoxy groups -OCH3 is 1. The number of rotatable bonds is 4. The van der Waals surface area contributed by atoms with E-state index in [-0.39, 0.29) is 17.7 Å². The third-order valence-corrected chi connectivity index (χ3v) is 2.53. The molecule has 5 nitrogen and oxygen atoms in total. The highest BCUT2D eigenvalue weighted by Gasteiger charge is 2.14. The molecule has 0 saturated carbocycles. The molecule has 96 valence electrons. The molecule has 1 unspecified atom stereocenters. The van der Waals surface area contributed by atoms with Crippen LogP contribution in [0, 0.1) is 5.82 Å². The van der Waals surface area contributed by atoms with Gasteiger partial charge in [-0.05, 0) is 19.1 Å². The van der Waals surface area contributed by atoms with Gasteiger partial charge in [0.25, 0.3) is 5.89 Å². The van der Waals surface area contributed by atoms with Gasteiger partial charge in [-0.15, -0.1) is 0 Å². The minimum atomic E-state index is -0.524. The number of aromatic hydroxyl groups is 1. The molecule has 0 aliphatic carbocycles. The van der Waals surface area contributed by atoms with Gasteiger partial charge in [0.2, 0.25) is 0 Å². The van der Waals surface area contributed by atoms with Crippen molar-refractivity contribution in [1.82, 2.24) is 10.1 Å². The first-order valence-electron chi connectivity index (χ1n) is 5.44. The van der Waals surface area contributed by atoms with Crippen LogP contribution in [0.4, 0.5) is 4.39 Å². The molecular formula is C12H13FN2O3. The van der Waals surface area contributed by atoms with Crippen LogP contribution < -0.4 is 0 Å². The van der Waals surface area contributed by atoms with Crippen LogP contribution in [0.3, 0.4) is 0 Å². The monoisotopic (exact) mass is 252 g/mol. The minimum absolute atomic E-state index is 0.0303. The maximum absolute atomic E-state index is 12.8. The summed E-state index contributed by atoms with van der Waals surface area (Å²) in [6, 6.07) is 3.61. The van der Waals surface area contributed by atoms with Gasteiger partial charge in [0.15, 0.2) is 5.82 Å². The summed E-state index contributed by atoms with van der Waals surface area (Å²) >= 11 is 0. The van der Waals surface area contributed by atoms with Crippen LogP contribution in [-0.2, 0) is 11.2 Å². The standard InChI is InChI=1S/C12H13FN2O3/c1-7(17-2)5-11-14-12(18-15-11)9-4-3-8(13)6-10(9)16/h3-4,6-7,16H,5H2,1-2H3. The molecule has 6 heteroatoms. The average Bonchev–Trinajstić information content (AvgIpc) is 2.77. The van der Waals surface area contributed by atoms with Crippen molar-refractivity contribution in [3.05, 3.63) is 29.8 Å². The van der Waals surface area contributed by atoms with Gasteiger partial charge in [-0.1, -0.05) is 5.16 Å². The van der Waals surface area contributed by atoms with Crippen LogP contribution in [0.2, 0.25) is 0 Å². The van der Waals surface area contributed by atoms with E-state index in [2.05, 4.69) is 10.1 Å². The second-order valence-electron chi connectivity index (χ2n) is 3.93. The van der Waals surface area contributed by atoms with Gasteiger partial charge in [-0.25, -0.2) is 4.39 Å². The van der Waals surface area contributed by atoms with Crippen LogP contribution in [0.5, 0.6) is 5.75 Å². The maximum atomic E-state index is 12.8. The summed E-state index contributed by atoms with van der Waals surface area (Å²) in [4.78, 5) is 4.12. The van der Waals surface area contributed by atoms with E-state index in [1.165, 1.54) is 12.1 Å². The fraction of sp³-hybridized carbons (Fsp3) is 0.333. The Labute approximate surface area is 103 Å². The van der Waals surface area contributed by atoms with Gasteiger partial charge in [-0.2, -0.15) is 4.98 Å². The van der Waals surface area contributed by atoms with E-state index in [1.54, 1.807) is 7.11 Å². The number of nitrogens with zero attached hydrogens (tertiary/aromatic N) is 2. The quantitative estimate of drug-likeness (QED) is 0.903. The number of benzene rings is 1. The average molecular weight is 252 g/mol. The first-order chi connectivity index (χ1) is 8.60. The molecule has 1 N–H and O–H groups in total. The highest BCUT2D eigenvalue weighted by Crippen LogP contribution is 2.28. The zero-order valence-electron chi connectivity index (χ0n) is 10.1. The molecule has 0 amide bonds. The highest BCUT2D eigenvalue weighted by molar-refractivity contribution is 5.61. The van der Waals surface area contributed by atoms with E-state index >= 15 is 0 Å². The van der Waals surface area contributed by atoms with Crippen molar-refractivity contribution in [2.24, 2.45) is 0 Å². The van der Waals surface area contributed by atoms with Gasteiger partial charge in [0, 0.05) is 19.6 Å². The summed E-state index contributed by atoms with van der Waals surface area (Å²) in [7, 11) is 1.59. The number of ether oxygens (including phenoxy) is 1. The first-order valence-corrected chi connectivity index (χ1v) is 5.44. The predicted molar refractivity (Wildman–Crippen MR) is 61.5 cm³/mol. The zero-order valence-corrected chi connectivity index (χ0v) is 10.1. The van der Waals surface area contributed by atoms with Gasteiger partial charge >= 0.3 is 0 Å². The zero-order chi connectivity index (χ0) is 13.1. The summed E-state index contributed by atoms with van der Waals surface area (Å²) in [6.45, 7) is 1.88. The normalized spacial score (nSPS) is 12.6. The Morgan fingerprint density at radius 2 is 2.28 bits per heavy atom. The lowest BCUT2D eigenvalue weighted by molar-refractivity contribution is 0.116. The molecule has 2 rings (SSSR count). The number of halogens is 1. The van der Waals surface area contributed by atoms with E-state index in [0.717, 1.165) is 6.07 Å². The second-order valence-corrected chi connectivity index (χ2v) is 3.93. The van der Waals surface area contributed by atoms with Crippen molar-refractivity contribution < 1.29 is 18.8 Å².